The molecule has 0 unspecified atom stereocenters. The number of alkyl halides is 1. The van der Waals surface area contributed by atoms with Crippen LogP contribution in [0.1, 0.15) is 13.3 Å². The molecule has 0 aromatic heterocycles. The first kappa shape index (κ1) is 15.2. The summed E-state index contributed by atoms with van der Waals surface area (Å²) in [5, 5.41) is 13.9. The smallest absolute Gasteiger partial charge is 0.236 e. The van der Waals surface area contributed by atoms with Crippen molar-refractivity contribution in [2.45, 2.75) is 37.3 Å². The van der Waals surface area contributed by atoms with Gasteiger partial charge in [-0.2, -0.15) is 0 Å². The molecule has 2 aliphatic heterocycles. The van der Waals surface area contributed by atoms with Crippen molar-refractivity contribution in [2.24, 2.45) is 5.11 Å². The zero-order chi connectivity index (χ0) is 14.9. The highest BCUT2D eigenvalue weighted by molar-refractivity contribution is 14.1. The summed E-state index contributed by atoms with van der Waals surface area (Å²) in [6, 6.07) is 0. The number of carbonyl (C=O) groups is 2. The van der Waals surface area contributed by atoms with Crippen LogP contribution < -0.4 is 0 Å². The van der Waals surface area contributed by atoms with Gasteiger partial charge in [-0.05, 0) is 18.5 Å². The van der Waals surface area contributed by atoms with Crippen LogP contribution in [0.2, 0.25) is 0 Å². The predicted octanol–water partition coefficient (Wildman–Crippen LogP) is 0.891. The predicted molar refractivity (Wildman–Crippen MR) is 76.7 cm³/mol. The first-order chi connectivity index (χ1) is 9.43. The number of allylic oxidation sites excluding steroid dienone is 1. The van der Waals surface area contributed by atoms with Crippen LogP contribution in [-0.4, -0.2) is 50.1 Å². The first-order valence-corrected chi connectivity index (χ1v) is 7.44. The fraction of sp³-hybridized carbons (Fsp3) is 0.636. The molecule has 0 saturated carbocycles. The van der Waals surface area contributed by atoms with Gasteiger partial charge in [-0.3, -0.25) is 14.5 Å². The molecule has 0 aromatic carbocycles. The van der Waals surface area contributed by atoms with Crippen LogP contribution in [0.5, 0.6) is 0 Å². The zero-order valence-electron chi connectivity index (χ0n) is 10.6. The first-order valence-electron chi connectivity index (χ1n) is 5.92. The molecule has 2 aliphatic rings. The Morgan fingerprint density at radius 1 is 1.70 bits per heavy atom. The molecular formula is C11H13IN4O4. The number of hydrogen-bond donors (Lipinski definition) is 1. The van der Waals surface area contributed by atoms with Gasteiger partial charge >= 0.3 is 0 Å². The lowest BCUT2D eigenvalue weighted by Crippen LogP contribution is -2.52. The molecule has 1 amide bonds. The van der Waals surface area contributed by atoms with Gasteiger partial charge in [-0.1, -0.05) is 27.7 Å². The Morgan fingerprint density at radius 2 is 2.40 bits per heavy atom. The van der Waals surface area contributed by atoms with Gasteiger partial charge in [0.05, 0.1) is 18.6 Å². The van der Waals surface area contributed by atoms with Crippen molar-refractivity contribution in [3.63, 3.8) is 0 Å². The fourth-order valence-electron chi connectivity index (χ4n) is 2.33. The minimum Gasteiger partial charge on any atom is -0.389 e. The van der Waals surface area contributed by atoms with Crippen molar-refractivity contribution >= 4 is 34.3 Å². The van der Waals surface area contributed by atoms with E-state index in [9.17, 15) is 14.7 Å². The Bertz CT molecular complexity index is 519. The van der Waals surface area contributed by atoms with Crippen molar-refractivity contribution in [1.82, 2.24) is 4.90 Å². The Morgan fingerprint density at radius 3 is 2.95 bits per heavy atom. The van der Waals surface area contributed by atoms with Crippen molar-refractivity contribution < 1.29 is 19.4 Å². The highest BCUT2D eigenvalue weighted by Gasteiger charge is 2.55. The van der Waals surface area contributed by atoms with E-state index in [0.29, 0.717) is 4.43 Å². The molecule has 0 aliphatic carbocycles. The summed E-state index contributed by atoms with van der Waals surface area (Å²) in [5.41, 5.74) is 7.41. The Kier molecular flexibility index (Phi) is 4.33. The highest BCUT2D eigenvalue weighted by atomic mass is 127. The number of halogens is 1. The maximum absolute atomic E-state index is 11.9. The van der Waals surface area contributed by atoms with E-state index >= 15 is 0 Å². The number of amides is 1. The minimum absolute atomic E-state index is 0.256. The Hall–Kier alpha value is -1.16. The van der Waals surface area contributed by atoms with Crippen molar-refractivity contribution in [3.8, 4) is 0 Å². The average Bonchev–Trinajstić information content (AvgIpc) is 2.63. The molecule has 1 saturated heterocycles. The van der Waals surface area contributed by atoms with Gasteiger partial charge in [0.25, 0.3) is 0 Å². The van der Waals surface area contributed by atoms with E-state index in [4.69, 9.17) is 10.3 Å². The fourth-order valence-corrected chi connectivity index (χ4v) is 3.02. The van der Waals surface area contributed by atoms with Gasteiger partial charge < -0.3 is 9.84 Å². The van der Waals surface area contributed by atoms with Gasteiger partial charge in [0, 0.05) is 15.5 Å². The molecule has 0 spiro atoms. The maximum Gasteiger partial charge on any atom is 0.236 e. The molecule has 1 N–H and O–H groups in total. The van der Waals surface area contributed by atoms with E-state index in [1.54, 1.807) is 0 Å². The van der Waals surface area contributed by atoms with Crippen LogP contribution in [0.15, 0.2) is 17.4 Å². The Balaban J connectivity index is 2.38. The molecule has 0 aromatic rings. The highest BCUT2D eigenvalue weighted by Crippen LogP contribution is 2.38. The largest absolute Gasteiger partial charge is 0.389 e. The summed E-state index contributed by atoms with van der Waals surface area (Å²) in [7, 11) is 0. The normalized spacial score (nSPS) is 37.1. The third-order valence-corrected chi connectivity index (χ3v) is 4.32. The molecule has 4 atom stereocenters. The molecule has 1 fully saturated rings. The molecular weight excluding hydrogens is 379 g/mol. The number of nitrogens with zero attached hydrogens (tertiary/aromatic N) is 4. The summed E-state index contributed by atoms with van der Waals surface area (Å²) >= 11 is 2.04. The number of carbonyl (C=O) groups excluding carboxylic acids is 2. The number of ketones is 1. The van der Waals surface area contributed by atoms with Crippen molar-refractivity contribution in [1.29, 1.82) is 0 Å². The maximum atomic E-state index is 11.9. The van der Waals surface area contributed by atoms with E-state index in [-0.39, 0.29) is 12.2 Å². The lowest BCUT2D eigenvalue weighted by atomic mass is 9.92. The van der Waals surface area contributed by atoms with Gasteiger partial charge in [-0.25, -0.2) is 0 Å². The Labute approximate surface area is 128 Å². The van der Waals surface area contributed by atoms with Crippen molar-refractivity contribution in [2.75, 3.05) is 4.43 Å². The van der Waals surface area contributed by atoms with Crippen LogP contribution in [0.3, 0.4) is 0 Å². The second kappa shape index (κ2) is 5.68. The molecule has 108 valence electrons. The van der Waals surface area contributed by atoms with Crippen LogP contribution in [-0.2, 0) is 14.3 Å². The van der Waals surface area contributed by atoms with E-state index in [0.717, 1.165) is 0 Å². The second-order valence-corrected chi connectivity index (χ2v) is 5.68. The van der Waals surface area contributed by atoms with Crippen LogP contribution >= 0.6 is 22.6 Å². The summed E-state index contributed by atoms with van der Waals surface area (Å²) in [4.78, 5) is 27.1. The van der Waals surface area contributed by atoms with E-state index in [1.807, 2.05) is 22.6 Å². The molecule has 2 rings (SSSR count). The molecule has 0 radical (unpaired) electrons. The zero-order valence-corrected chi connectivity index (χ0v) is 12.8. The molecule has 8 nitrogen and oxygen atoms in total. The van der Waals surface area contributed by atoms with E-state index in [1.165, 1.54) is 24.1 Å². The van der Waals surface area contributed by atoms with E-state index < -0.39 is 29.9 Å². The van der Waals surface area contributed by atoms with Gasteiger partial charge in [0.15, 0.2) is 12.0 Å². The van der Waals surface area contributed by atoms with Crippen LogP contribution in [0.25, 0.3) is 10.4 Å². The number of aliphatic hydroxyl groups is 1. The number of aliphatic hydroxyl groups excluding tert-OH is 1. The summed E-state index contributed by atoms with van der Waals surface area (Å²) in [6.45, 7) is 1.53. The minimum atomic E-state index is -1.30. The quantitative estimate of drug-likeness (QED) is 0.192. The van der Waals surface area contributed by atoms with Crippen molar-refractivity contribution in [3.05, 3.63) is 22.7 Å². The van der Waals surface area contributed by atoms with Gasteiger partial charge in [0.2, 0.25) is 5.91 Å². The lowest BCUT2D eigenvalue weighted by Gasteiger charge is -2.35. The summed E-state index contributed by atoms with van der Waals surface area (Å²) in [6.07, 6.45) is -0.176. The van der Waals surface area contributed by atoms with Gasteiger partial charge in [-0.15, -0.1) is 0 Å². The van der Waals surface area contributed by atoms with Gasteiger partial charge in [0.1, 0.15) is 5.54 Å². The van der Waals surface area contributed by atoms with Crippen LogP contribution in [0, 0.1) is 0 Å². The standard InChI is InChI=1S/C11H13IN4O4/c1-11(14-15-13)9(19)7(5-12)20-10(11)16-3-2-6(17)4-8(16)18/h2-3,7,9-10,19H,4-5H2,1H3/t7-,9-,10-,11-/m1/s1. The van der Waals surface area contributed by atoms with Crippen LogP contribution in [0.4, 0.5) is 0 Å². The summed E-state index contributed by atoms with van der Waals surface area (Å²) in [5.74, 6) is -0.733. The van der Waals surface area contributed by atoms with E-state index in [2.05, 4.69) is 10.0 Å². The topological polar surface area (TPSA) is 116 Å². The second-order valence-electron chi connectivity index (χ2n) is 4.80. The molecule has 9 heteroatoms. The lowest BCUT2D eigenvalue weighted by molar-refractivity contribution is -0.144. The molecule has 2 heterocycles. The number of ether oxygens (including phenoxy) is 1. The molecule has 0 bridgehead atoms. The SMILES string of the molecule is C[C@@]1(N=[N+]=[N-])[C@H](O)[C@@H](CI)O[C@H]1N1C=CC(=O)CC1=O. The third-order valence-electron chi connectivity index (χ3n) is 3.45. The number of azide groups is 1. The average molecular weight is 392 g/mol. The summed E-state index contributed by atoms with van der Waals surface area (Å²) < 4.78 is 6.14. The number of rotatable bonds is 3. The monoisotopic (exact) mass is 392 g/mol. The molecule has 20 heavy (non-hydrogen) atoms. The number of hydrogen-bond acceptors (Lipinski definition) is 5. The third kappa shape index (κ3) is 2.41.